The van der Waals surface area contributed by atoms with Crippen LogP contribution in [-0.4, -0.2) is 18.6 Å². The molecule has 21 heavy (non-hydrogen) atoms. The third kappa shape index (κ3) is 2.97. The van der Waals surface area contributed by atoms with Gasteiger partial charge in [-0.15, -0.1) is 0 Å². The van der Waals surface area contributed by atoms with Crippen LogP contribution in [0.25, 0.3) is 0 Å². The minimum Gasteiger partial charge on any atom is -0.485 e. The first-order valence-corrected chi connectivity index (χ1v) is 6.63. The van der Waals surface area contributed by atoms with Gasteiger partial charge in [0, 0.05) is 12.1 Å². The fraction of sp³-hybridized carbons (Fsp3) is 0.188. The lowest BCUT2D eigenvalue weighted by Crippen LogP contribution is -2.43. The predicted molar refractivity (Wildman–Crippen MR) is 74.6 cm³/mol. The second kappa shape index (κ2) is 5.83. The number of carbonyl (C=O) groups excluding carboxylic acids is 1. The summed E-state index contributed by atoms with van der Waals surface area (Å²) in [4.78, 5) is 12.1. The summed E-state index contributed by atoms with van der Waals surface area (Å²) in [5.74, 6) is 0.488. The molecule has 4 nitrogen and oxygen atoms in total. The maximum Gasteiger partial charge on any atom is 0.264 e. The van der Waals surface area contributed by atoms with Crippen molar-refractivity contribution in [1.82, 2.24) is 5.32 Å². The molecule has 0 aliphatic carbocycles. The maximum absolute atomic E-state index is 13.5. The second-order valence-corrected chi connectivity index (χ2v) is 4.67. The third-order valence-corrected chi connectivity index (χ3v) is 3.21. The van der Waals surface area contributed by atoms with Crippen molar-refractivity contribution in [2.24, 2.45) is 0 Å². The van der Waals surface area contributed by atoms with E-state index in [4.69, 9.17) is 9.47 Å². The largest absolute Gasteiger partial charge is 0.485 e. The monoisotopic (exact) mass is 287 g/mol. The van der Waals surface area contributed by atoms with Crippen molar-refractivity contribution in [3.8, 4) is 11.5 Å². The topological polar surface area (TPSA) is 47.6 Å². The van der Waals surface area contributed by atoms with E-state index in [9.17, 15) is 9.18 Å². The summed E-state index contributed by atoms with van der Waals surface area (Å²) >= 11 is 0. The predicted octanol–water partition coefficient (Wildman–Crippen LogP) is 2.28. The first kappa shape index (κ1) is 13.4. The number of hydrogen-bond acceptors (Lipinski definition) is 3. The van der Waals surface area contributed by atoms with E-state index in [2.05, 4.69) is 5.32 Å². The molecule has 0 radical (unpaired) electrons. The Morgan fingerprint density at radius 3 is 2.67 bits per heavy atom. The summed E-state index contributed by atoms with van der Waals surface area (Å²) < 4.78 is 24.5. The van der Waals surface area contributed by atoms with Crippen LogP contribution in [0.2, 0.25) is 0 Å². The molecule has 1 amide bonds. The zero-order chi connectivity index (χ0) is 14.7. The van der Waals surface area contributed by atoms with E-state index >= 15 is 0 Å². The number of benzene rings is 2. The van der Waals surface area contributed by atoms with Crippen molar-refractivity contribution in [2.75, 3.05) is 6.61 Å². The molecule has 2 aromatic rings. The first-order valence-electron chi connectivity index (χ1n) is 6.63. The molecule has 1 atom stereocenters. The molecule has 1 aliphatic rings. The van der Waals surface area contributed by atoms with Crippen molar-refractivity contribution in [2.45, 2.75) is 12.6 Å². The van der Waals surface area contributed by atoms with Crippen molar-refractivity contribution < 1.29 is 18.7 Å². The number of para-hydroxylation sites is 2. The Kier molecular flexibility index (Phi) is 3.73. The SMILES string of the molecule is O=C(NCc1ccccc1F)C1COc2ccccc2O1. The molecule has 1 N–H and O–H groups in total. The van der Waals surface area contributed by atoms with Crippen LogP contribution in [0.4, 0.5) is 4.39 Å². The van der Waals surface area contributed by atoms with Crippen molar-refractivity contribution in [3.63, 3.8) is 0 Å². The molecule has 108 valence electrons. The van der Waals surface area contributed by atoms with E-state index in [1.165, 1.54) is 6.07 Å². The summed E-state index contributed by atoms with van der Waals surface area (Å²) in [5.41, 5.74) is 0.433. The normalized spacial score (nSPS) is 16.3. The highest BCUT2D eigenvalue weighted by Crippen LogP contribution is 2.30. The summed E-state index contributed by atoms with van der Waals surface area (Å²) in [6.45, 7) is 0.257. The van der Waals surface area contributed by atoms with Gasteiger partial charge >= 0.3 is 0 Å². The van der Waals surface area contributed by atoms with Crippen molar-refractivity contribution >= 4 is 5.91 Å². The van der Waals surface area contributed by atoms with Crippen LogP contribution >= 0.6 is 0 Å². The summed E-state index contributed by atoms with van der Waals surface area (Å²) in [7, 11) is 0. The quantitative estimate of drug-likeness (QED) is 0.942. The first-order chi connectivity index (χ1) is 10.2. The van der Waals surface area contributed by atoms with Gasteiger partial charge in [-0.1, -0.05) is 30.3 Å². The van der Waals surface area contributed by atoms with Crippen LogP contribution in [0.3, 0.4) is 0 Å². The Hall–Kier alpha value is -2.56. The van der Waals surface area contributed by atoms with Crippen LogP contribution in [0, 0.1) is 5.82 Å². The molecule has 0 saturated heterocycles. The van der Waals surface area contributed by atoms with E-state index in [1.54, 1.807) is 30.3 Å². The van der Waals surface area contributed by atoms with Crippen LogP contribution < -0.4 is 14.8 Å². The zero-order valence-corrected chi connectivity index (χ0v) is 11.2. The number of ether oxygens (including phenoxy) is 2. The van der Waals surface area contributed by atoms with Crippen molar-refractivity contribution in [1.29, 1.82) is 0 Å². The second-order valence-electron chi connectivity index (χ2n) is 4.67. The van der Waals surface area contributed by atoms with E-state index < -0.39 is 6.10 Å². The number of hydrogen-bond donors (Lipinski definition) is 1. The van der Waals surface area contributed by atoms with E-state index in [1.807, 2.05) is 12.1 Å². The number of fused-ring (bicyclic) bond motifs is 1. The average molecular weight is 287 g/mol. The summed E-state index contributed by atoms with van der Waals surface area (Å²) in [6.07, 6.45) is -0.730. The Labute approximate surface area is 121 Å². The molecule has 3 rings (SSSR count). The van der Waals surface area contributed by atoms with E-state index in [0.29, 0.717) is 17.1 Å². The van der Waals surface area contributed by atoms with Gasteiger partial charge in [-0.2, -0.15) is 0 Å². The van der Waals surface area contributed by atoms with Crippen LogP contribution in [0.5, 0.6) is 11.5 Å². The van der Waals surface area contributed by atoms with Gasteiger partial charge in [-0.05, 0) is 18.2 Å². The highest BCUT2D eigenvalue weighted by molar-refractivity contribution is 5.81. The fourth-order valence-corrected chi connectivity index (χ4v) is 2.09. The zero-order valence-electron chi connectivity index (χ0n) is 11.2. The third-order valence-electron chi connectivity index (χ3n) is 3.21. The summed E-state index contributed by atoms with van der Waals surface area (Å²) in [5, 5.41) is 2.66. The van der Waals surface area contributed by atoms with Gasteiger partial charge in [-0.3, -0.25) is 4.79 Å². The van der Waals surface area contributed by atoms with Gasteiger partial charge in [0.1, 0.15) is 12.4 Å². The molecule has 0 aromatic heterocycles. The maximum atomic E-state index is 13.5. The Morgan fingerprint density at radius 1 is 1.14 bits per heavy atom. The molecule has 0 spiro atoms. The standard InChI is InChI=1S/C16H14FNO3/c17-12-6-2-1-5-11(12)9-18-16(19)15-10-20-13-7-3-4-8-14(13)21-15/h1-8,15H,9-10H2,(H,18,19). The van der Waals surface area contributed by atoms with Gasteiger partial charge in [0.15, 0.2) is 11.5 Å². The average Bonchev–Trinajstić information content (AvgIpc) is 2.53. The molecule has 0 saturated carbocycles. The molecular formula is C16H14FNO3. The molecule has 0 fully saturated rings. The van der Waals surface area contributed by atoms with Gasteiger partial charge in [0.2, 0.25) is 6.10 Å². The number of nitrogens with one attached hydrogen (secondary N) is 1. The lowest BCUT2D eigenvalue weighted by atomic mass is 10.2. The van der Waals surface area contributed by atoms with Gasteiger partial charge in [-0.25, -0.2) is 4.39 Å². The molecule has 1 heterocycles. The minimum atomic E-state index is -0.730. The highest BCUT2D eigenvalue weighted by Gasteiger charge is 2.27. The molecule has 0 bridgehead atoms. The van der Waals surface area contributed by atoms with Gasteiger partial charge in [0.05, 0.1) is 0 Å². The molecular weight excluding hydrogens is 273 g/mol. The van der Waals surface area contributed by atoms with Crippen LogP contribution in [-0.2, 0) is 11.3 Å². The molecule has 1 unspecified atom stereocenters. The lowest BCUT2D eigenvalue weighted by molar-refractivity contribution is -0.130. The number of rotatable bonds is 3. The molecule has 1 aliphatic heterocycles. The molecule has 5 heteroatoms. The number of carbonyl (C=O) groups is 1. The Balaban J connectivity index is 1.61. The number of halogens is 1. The minimum absolute atomic E-state index is 0.118. The Morgan fingerprint density at radius 2 is 1.86 bits per heavy atom. The van der Waals surface area contributed by atoms with Crippen LogP contribution in [0.15, 0.2) is 48.5 Å². The highest BCUT2D eigenvalue weighted by atomic mass is 19.1. The van der Waals surface area contributed by atoms with Crippen molar-refractivity contribution in [3.05, 3.63) is 59.9 Å². The Bertz CT molecular complexity index is 659. The van der Waals surface area contributed by atoms with Gasteiger partial charge < -0.3 is 14.8 Å². The summed E-state index contributed by atoms with van der Waals surface area (Å²) in [6, 6.07) is 13.5. The number of amides is 1. The smallest absolute Gasteiger partial charge is 0.264 e. The van der Waals surface area contributed by atoms with E-state index in [-0.39, 0.29) is 24.9 Å². The molecule has 2 aromatic carbocycles. The van der Waals surface area contributed by atoms with Crippen LogP contribution in [0.1, 0.15) is 5.56 Å². The lowest BCUT2D eigenvalue weighted by Gasteiger charge is -2.25. The fourth-order valence-electron chi connectivity index (χ4n) is 2.09. The van der Waals surface area contributed by atoms with E-state index in [0.717, 1.165) is 0 Å². The van der Waals surface area contributed by atoms with Gasteiger partial charge in [0.25, 0.3) is 5.91 Å².